The van der Waals surface area contributed by atoms with Gasteiger partial charge in [0.15, 0.2) is 0 Å². The fraction of sp³-hybridized carbons (Fsp3) is 0.200. The summed E-state index contributed by atoms with van der Waals surface area (Å²) in [6.45, 7) is 1.98. The van der Waals surface area contributed by atoms with Gasteiger partial charge in [-0.05, 0) is 30.2 Å². The fourth-order valence-corrected chi connectivity index (χ4v) is 2.58. The Kier molecular flexibility index (Phi) is 4.15. The molecular weight excluding hydrogens is 295 g/mol. The van der Waals surface area contributed by atoms with Gasteiger partial charge in [0.25, 0.3) is 0 Å². The molecule has 2 aromatic carbocycles. The van der Waals surface area contributed by atoms with Crippen LogP contribution in [0.25, 0.3) is 0 Å². The van der Waals surface area contributed by atoms with Crippen LogP contribution in [0.4, 0.5) is 4.39 Å². The van der Waals surface area contributed by atoms with Crippen molar-refractivity contribution < 1.29 is 9.50 Å². The summed E-state index contributed by atoms with van der Waals surface area (Å²) >= 11 is 3.28. The molecule has 0 fully saturated rings. The van der Waals surface area contributed by atoms with Crippen LogP contribution < -0.4 is 0 Å². The van der Waals surface area contributed by atoms with E-state index in [9.17, 15) is 9.50 Å². The molecule has 0 bridgehead atoms. The van der Waals surface area contributed by atoms with E-state index in [4.69, 9.17) is 0 Å². The van der Waals surface area contributed by atoms with Crippen LogP contribution in [0.15, 0.2) is 46.9 Å². The third-order valence-corrected chi connectivity index (χ3v) is 3.70. The molecular formula is C15H14BrFO. The van der Waals surface area contributed by atoms with Gasteiger partial charge in [-0.1, -0.05) is 46.3 Å². The smallest absolute Gasteiger partial charge is 0.130 e. The molecule has 1 unspecified atom stereocenters. The maximum Gasteiger partial charge on any atom is 0.130 e. The molecule has 0 spiro atoms. The minimum atomic E-state index is -0.846. The minimum absolute atomic E-state index is 0.320. The molecule has 0 aromatic heterocycles. The van der Waals surface area contributed by atoms with Crippen LogP contribution in [-0.4, -0.2) is 5.11 Å². The van der Waals surface area contributed by atoms with E-state index in [1.807, 2.05) is 31.2 Å². The second-order valence-electron chi connectivity index (χ2n) is 4.28. The maximum atomic E-state index is 13.7. The average molecular weight is 309 g/mol. The standard InChI is InChI=1S/C15H14BrFO/c1-10-5-2-3-6-11(10)9-14(18)15-12(16)7-4-8-13(15)17/h2-8,14,18H,9H2,1H3. The molecule has 1 nitrogen and oxygen atoms in total. The Morgan fingerprint density at radius 2 is 1.89 bits per heavy atom. The summed E-state index contributed by atoms with van der Waals surface area (Å²) in [5.74, 6) is -0.384. The molecule has 1 atom stereocenters. The van der Waals surface area contributed by atoms with Crippen LogP contribution in [0, 0.1) is 12.7 Å². The number of aliphatic hydroxyl groups is 1. The van der Waals surface area contributed by atoms with Crippen molar-refractivity contribution in [1.82, 2.24) is 0 Å². The average Bonchev–Trinajstić information content (AvgIpc) is 2.32. The molecule has 3 heteroatoms. The Balaban J connectivity index is 2.28. The highest BCUT2D eigenvalue weighted by Crippen LogP contribution is 2.29. The van der Waals surface area contributed by atoms with E-state index < -0.39 is 6.10 Å². The van der Waals surface area contributed by atoms with E-state index >= 15 is 0 Å². The summed E-state index contributed by atoms with van der Waals surface area (Å²) in [5, 5.41) is 10.2. The highest BCUT2D eigenvalue weighted by molar-refractivity contribution is 9.10. The SMILES string of the molecule is Cc1ccccc1CC(O)c1c(F)cccc1Br. The first kappa shape index (κ1) is 13.2. The number of hydrogen-bond acceptors (Lipinski definition) is 1. The molecule has 2 rings (SSSR count). The molecule has 0 saturated heterocycles. The number of halogens is 2. The molecule has 0 heterocycles. The van der Waals surface area contributed by atoms with Gasteiger partial charge in [-0.3, -0.25) is 0 Å². The van der Waals surface area contributed by atoms with Crippen molar-refractivity contribution in [3.05, 3.63) is 69.4 Å². The lowest BCUT2D eigenvalue weighted by Gasteiger charge is -2.15. The van der Waals surface area contributed by atoms with Gasteiger partial charge in [0, 0.05) is 16.5 Å². The first-order valence-electron chi connectivity index (χ1n) is 5.76. The maximum absolute atomic E-state index is 13.7. The fourth-order valence-electron chi connectivity index (χ4n) is 1.98. The third kappa shape index (κ3) is 2.79. The van der Waals surface area contributed by atoms with Gasteiger partial charge in [-0.25, -0.2) is 4.39 Å². The Bertz CT molecular complexity index is 534. The number of aryl methyl sites for hydroxylation is 1. The zero-order chi connectivity index (χ0) is 13.1. The third-order valence-electron chi connectivity index (χ3n) is 3.01. The highest BCUT2D eigenvalue weighted by Gasteiger charge is 2.17. The minimum Gasteiger partial charge on any atom is -0.388 e. The van der Waals surface area contributed by atoms with E-state index in [0.29, 0.717) is 16.5 Å². The molecule has 0 aliphatic heterocycles. The van der Waals surface area contributed by atoms with Gasteiger partial charge in [-0.2, -0.15) is 0 Å². The Labute approximate surface area is 114 Å². The Morgan fingerprint density at radius 3 is 2.56 bits per heavy atom. The van der Waals surface area contributed by atoms with Crippen LogP contribution in [0.3, 0.4) is 0 Å². The van der Waals surface area contributed by atoms with Gasteiger partial charge < -0.3 is 5.11 Å². The van der Waals surface area contributed by atoms with Crippen LogP contribution in [0.1, 0.15) is 22.8 Å². The second kappa shape index (κ2) is 5.63. The summed E-state index contributed by atoms with van der Waals surface area (Å²) < 4.78 is 14.3. The van der Waals surface area contributed by atoms with Crippen LogP contribution >= 0.6 is 15.9 Å². The molecule has 94 valence electrons. The first-order chi connectivity index (χ1) is 8.59. The number of hydrogen-bond donors (Lipinski definition) is 1. The quantitative estimate of drug-likeness (QED) is 0.902. The van der Waals surface area contributed by atoms with Gasteiger partial charge in [-0.15, -0.1) is 0 Å². The Hall–Kier alpha value is -1.19. The lowest BCUT2D eigenvalue weighted by Crippen LogP contribution is -2.06. The lowest BCUT2D eigenvalue weighted by molar-refractivity contribution is 0.172. The van der Waals surface area contributed by atoms with Crippen molar-refractivity contribution in [2.45, 2.75) is 19.4 Å². The zero-order valence-corrected chi connectivity index (χ0v) is 11.6. The van der Waals surface area contributed by atoms with Crippen molar-refractivity contribution in [3.8, 4) is 0 Å². The normalized spacial score (nSPS) is 12.4. The molecule has 0 radical (unpaired) electrons. The van der Waals surface area contributed by atoms with E-state index in [1.54, 1.807) is 12.1 Å². The van der Waals surface area contributed by atoms with E-state index in [2.05, 4.69) is 15.9 Å². The van der Waals surface area contributed by atoms with Gasteiger partial charge in [0.05, 0.1) is 6.10 Å². The summed E-state index contributed by atoms with van der Waals surface area (Å²) in [7, 11) is 0. The summed E-state index contributed by atoms with van der Waals surface area (Å²) in [5.41, 5.74) is 2.45. The van der Waals surface area contributed by atoms with E-state index in [0.717, 1.165) is 11.1 Å². The molecule has 0 saturated carbocycles. The molecule has 0 amide bonds. The number of benzene rings is 2. The molecule has 2 aromatic rings. The van der Waals surface area contributed by atoms with Crippen molar-refractivity contribution in [1.29, 1.82) is 0 Å². The molecule has 1 N–H and O–H groups in total. The zero-order valence-electron chi connectivity index (χ0n) is 10.0. The van der Waals surface area contributed by atoms with Crippen molar-refractivity contribution >= 4 is 15.9 Å². The molecule has 18 heavy (non-hydrogen) atoms. The molecule has 0 aliphatic rings. The van der Waals surface area contributed by atoms with Crippen LogP contribution in [0.2, 0.25) is 0 Å². The monoisotopic (exact) mass is 308 g/mol. The van der Waals surface area contributed by atoms with Gasteiger partial charge in [0.2, 0.25) is 0 Å². The second-order valence-corrected chi connectivity index (χ2v) is 5.14. The topological polar surface area (TPSA) is 20.2 Å². The highest BCUT2D eigenvalue weighted by atomic mass is 79.9. The van der Waals surface area contributed by atoms with Gasteiger partial charge >= 0.3 is 0 Å². The van der Waals surface area contributed by atoms with Crippen LogP contribution in [0.5, 0.6) is 0 Å². The Morgan fingerprint density at radius 1 is 1.17 bits per heavy atom. The number of aliphatic hydroxyl groups excluding tert-OH is 1. The molecule has 0 aliphatic carbocycles. The summed E-state index contributed by atoms with van der Waals surface area (Å²) in [6.07, 6.45) is -0.437. The summed E-state index contributed by atoms with van der Waals surface area (Å²) in [6, 6.07) is 12.5. The van der Waals surface area contributed by atoms with E-state index in [1.165, 1.54) is 6.07 Å². The summed E-state index contributed by atoms with van der Waals surface area (Å²) in [4.78, 5) is 0. The van der Waals surface area contributed by atoms with E-state index in [-0.39, 0.29) is 5.82 Å². The van der Waals surface area contributed by atoms with Crippen molar-refractivity contribution in [2.24, 2.45) is 0 Å². The van der Waals surface area contributed by atoms with Crippen molar-refractivity contribution in [3.63, 3.8) is 0 Å². The predicted molar refractivity (Wildman–Crippen MR) is 73.9 cm³/mol. The van der Waals surface area contributed by atoms with Crippen LogP contribution in [-0.2, 0) is 6.42 Å². The van der Waals surface area contributed by atoms with Gasteiger partial charge in [0.1, 0.15) is 5.82 Å². The van der Waals surface area contributed by atoms with Crippen molar-refractivity contribution in [2.75, 3.05) is 0 Å². The lowest BCUT2D eigenvalue weighted by atomic mass is 9.98. The number of rotatable bonds is 3. The first-order valence-corrected chi connectivity index (χ1v) is 6.55. The largest absolute Gasteiger partial charge is 0.388 e. The predicted octanol–water partition coefficient (Wildman–Crippen LogP) is 4.17.